The average molecular weight is 403 g/mol. The van der Waals surface area contributed by atoms with E-state index in [9.17, 15) is 9.59 Å². The second-order valence-corrected chi connectivity index (χ2v) is 10.4. The van der Waals surface area contributed by atoms with E-state index in [0.29, 0.717) is 0 Å². The van der Waals surface area contributed by atoms with E-state index < -0.39 is 5.92 Å². The Hall–Kier alpha value is -2.26. The van der Waals surface area contributed by atoms with Gasteiger partial charge in [0.2, 0.25) is 0 Å². The third kappa shape index (κ3) is 2.82. The molecule has 2 aliphatic heterocycles. The monoisotopic (exact) mass is 402 g/mol. The number of aryl methyl sites for hydroxylation is 2. The Balaban J connectivity index is 1.50. The van der Waals surface area contributed by atoms with E-state index in [4.69, 9.17) is 4.74 Å². The summed E-state index contributed by atoms with van der Waals surface area (Å²) in [5.74, 6) is -0.866. The molecule has 30 heavy (non-hydrogen) atoms. The third-order valence-electron chi connectivity index (χ3n) is 7.47. The molecule has 0 amide bonds. The van der Waals surface area contributed by atoms with Gasteiger partial charge in [0.05, 0.1) is 24.0 Å². The molecule has 2 saturated heterocycles. The van der Waals surface area contributed by atoms with Gasteiger partial charge in [-0.3, -0.25) is 9.59 Å². The zero-order valence-electron chi connectivity index (χ0n) is 18.5. The topological polar surface area (TPSA) is 43.4 Å². The van der Waals surface area contributed by atoms with Crippen molar-refractivity contribution in [2.24, 2.45) is 11.8 Å². The first-order valence-electron chi connectivity index (χ1n) is 11.1. The first kappa shape index (κ1) is 19.7. The van der Waals surface area contributed by atoms with Gasteiger partial charge in [-0.1, -0.05) is 57.2 Å². The maximum Gasteiger partial charge on any atom is 0.154 e. The number of hydrogen-bond acceptors (Lipinski definition) is 3. The second kappa shape index (κ2) is 6.62. The summed E-state index contributed by atoms with van der Waals surface area (Å²) in [6.07, 6.45) is 1.75. The Bertz CT molecular complexity index is 990. The number of carbonyl (C=O) groups excluding carboxylic acids is 2. The van der Waals surface area contributed by atoms with Crippen LogP contribution < -0.4 is 0 Å². The van der Waals surface area contributed by atoms with Gasteiger partial charge < -0.3 is 4.74 Å². The Labute approximate surface area is 178 Å². The largest absolute Gasteiger partial charge is 0.373 e. The fourth-order valence-electron chi connectivity index (χ4n) is 5.97. The Morgan fingerprint density at radius 1 is 0.800 bits per heavy atom. The summed E-state index contributed by atoms with van der Waals surface area (Å²) in [4.78, 5) is 26.6. The van der Waals surface area contributed by atoms with Crippen molar-refractivity contribution in [2.75, 3.05) is 0 Å². The normalized spacial score (nSPS) is 30.2. The van der Waals surface area contributed by atoms with Gasteiger partial charge >= 0.3 is 0 Å². The molecule has 3 aliphatic rings. The molecule has 5 atom stereocenters. The zero-order chi connectivity index (χ0) is 21.4. The first-order chi connectivity index (χ1) is 14.2. The van der Waals surface area contributed by atoms with Crippen LogP contribution in [0.25, 0.3) is 11.1 Å². The minimum Gasteiger partial charge on any atom is -0.373 e. The molecule has 2 heterocycles. The van der Waals surface area contributed by atoms with E-state index in [-0.39, 0.29) is 41.0 Å². The van der Waals surface area contributed by atoms with Crippen LogP contribution in [0.4, 0.5) is 0 Å². The van der Waals surface area contributed by atoms with Crippen LogP contribution in [0.2, 0.25) is 0 Å². The molecular weight excluding hydrogens is 372 g/mol. The van der Waals surface area contributed by atoms with Gasteiger partial charge in [0.25, 0.3) is 0 Å². The highest BCUT2D eigenvalue weighted by Crippen LogP contribution is 2.53. The van der Waals surface area contributed by atoms with Gasteiger partial charge in [0.1, 0.15) is 5.92 Å². The van der Waals surface area contributed by atoms with Crippen LogP contribution in [-0.2, 0) is 19.7 Å². The SMILES string of the molecule is Cc1cc(-c2ccc(C(C)(C)C)cc2)cc(C)c1C1C(=O)[C@@H]2[C@H](C1=O)[C@H]1CC[C@@H]2O1. The molecule has 0 spiro atoms. The number of hydrogen-bond donors (Lipinski definition) is 0. The van der Waals surface area contributed by atoms with E-state index in [2.05, 4.69) is 57.2 Å². The molecule has 0 radical (unpaired) electrons. The lowest BCUT2D eigenvalue weighted by atomic mass is 9.81. The highest BCUT2D eigenvalue weighted by atomic mass is 16.5. The van der Waals surface area contributed by atoms with Gasteiger partial charge in [-0.15, -0.1) is 0 Å². The number of fused-ring (bicyclic) bond motifs is 5. The lowest BCUT2D eigenvalue weighted by Crippen LogP contribution is -2.29. The Morgan fingerprint density at radius 3 is 1.77 bits per heavy atom. The van der Waals surface area contributed by atoms with Crippen LogP contribution in [0.15, 0.2) is 36.4 Å². The van der Waals surface area contributed by atoms with E-state index in [1.54, 1.807) is 0 Å². The van der Waals surface area contributed by atoms with Crippen molar-refractivity contribution in [2.45, 2.75) is 71.0 Å². The van der Waals surface area contributed by atoms with Crippen molar-refractivity contribution in [1.82, 2.24) is 0 Å². The minimum absolute atomic E-state index is 0.0392. The number of benzene rings is 2. The first-order valence-corrected chi connectivity index (χ1v) is 11.1. The molecule has 0 aromatic heterocycles. The van der Waals surface area contributed by atoms with Gasteiger partial charge in [-0.25, -0.2) is 0 Å². The fourth-order valence-corrected chi connectivity index (χ4v) is 5.97. The van der Waals surface area contributed by atoms with E-state index in [0.717, 1.165) is 40.7 Å². The van der Waals surface area contributed by atoms with Crippen LogP contribution in [0.1, 0.15) is 61.8 Å². The maximum absolute atomic E-state index is 13.3. The van der Waals surface area contributed by atoms with Crippen LogP contribution in [0.5, 0.6) is 0 Å². The lowest BCUT2D eigenvalue weighted by molar-refractivity contribution is -0.127. The molecule has 3 fully saturated rings. The Morgan fingerprint density at radius 2 is 1.30 bits per heavy atom. The number of rotatable bonds is 2. The molecule has 1 unspecified atom stereocenters. The van der Waals surface area contributed by atoms with E-state index >= 15 is 0 Å². The van der Waals surface area contributed by atoms with Crippen molar-refractivity contribution >= 4 is 11.6 Å². The highest BCUT2D eigenvalue weighted by molar-refractivity contribution is 6.17. The van der Waals surface area contributed by atoms with Crippen molar-refractivity contribution in [3.05, 3.63) is 58.7 Å². The van der Waals surface area contributed by atoms with Gasteiger partial charge in [-0.2, -0.15) is 0 Å². The maximum atomic E-state index is 13.3. The highest BCUT2D eigenvalue weighted by Gasteiger charge is 2.63. The number of carbonyl (C=O) groups is 2. The molecule has 2 bridgehead atoms. The summed E-state index contributed by atoms with van der Waals surface area (Å²) in [5.41, 5.74) is 6.72. The van der Waals surface area contributed by atoms with Gasteiger partial charge in [0, 0.05) is 0 Å². The molecule has 3 nitrogen and oxygen atoms in total. The molecule has 1 aliphatic carbocycles. The average Bonchev–Trinajstić information content (AvgIpc) is 3.36. The molecule has 2 aromatic rings. The second-order valence-electron chi connectivity index (χ2n) is 10.4. The third-order valence-corrected chi connectivity index (χ3v) is 7.47. The number of ether oxygens (including phenoxy) is 1. The Kier molecular flexibility index (Phi) is 4.34. The smallest absolute Gasteiger partial charge is 0.154 e. The van der Waals surface area contributed by atoms with Crippen LogP contribution in [0.3, 0.4) is 0 Å². The molecular formula is C27H30O3. The van der Waals surface area contributed by atoms with Crippen LogP contribution in [0, 0.1) is 25.7 Å². The quantitative estimate of drug-likeness (QED) is 0.641. The van der Waals surface area contributed by atoms with Gasteiger partial charge in [0.15, 0.2) is 11.6 Å². The van der Waals surface area contributed by atoms with E-state index in [1.165, 1.54) is 5.56 Å². The summed E-state index contributed by atoms with van der Waals surface area (Å²) >= 11 is 0. The lowest BCUT2D eigenvalue weighted by Gasteiger charge is -2.20. The van der Waals surface area contributed by atoms with Crippen molar-refractivity contribution in [3.63, 3.8) is 0 Å². The molecule has 2 aromatic carbocycles. The summed E-state index contributed by atoms with van der Waals surface area (Å²) in [5, 5.41) is 0. The predicted octanol–water partition coefficient (Wildman–Crippen LogP) is 5.30. The predicted molar refractivity (Wildman–Crippen MR) is 118 cm³/mol. The summed E-state index contributed by atoms with van der Waals surface area (Å²) in [6, 6.07) is 13.0. The molecule has 0 N–H and O–H groups in total. The summed E-state index contributed by atoms with van der Waals surface area (Å²) in [6.45, 7) is 10.7. The molecule has 3 heteroatoms. The fraction of sp³-hybridized carbons (Fsp3) is 0.481. The van der Waals surface area contributed by atoms with Crippen molar-refractivity contribution in [1.29, 1.82) is 0 Å². The van der Waals surface area contributed by atoms with Crippen LogP contribution in [-0.4, -0.2) is 23.8 Å². The van der Waals surface area contributed by atoms with Crippen molar-refractivity contribution in [3.8, 4) is 11.1 Å². The zero-order valence-corrected chi connectivity index (χ0v) is 18.5. The van der Waals surface area contributed by atoms with E-state index in [1.807, 2.05) is 13.8 Å². The van der Waals surface area contributed by atoms with Crippen molar-refractivity contribution < 1.29 is 14.3 Å². The standard InChI is InChI=1S/C27H30O3/c1-14-12-17(16-6-8-18(9-7-16)27(3,4)5)13-15(2)21(14)24-25(28)22-19-10-11-20(30-19)23(22)26(24)29/h6-9,12-13,19-20,22-24H,10-11H2,1-5H3/t19-,20+,22-,23+,24?. The number of Topliss-reactive ketones (excluding diaryl/α,β-unsaturated/α-hetero) is 2. The molecule has 5 rings (SSSR count). The molecule has 1 saturated carbocycles. The van der Waals surface area contributed by atoms with Gasteiger partial charge in [-0.05, 0) is 65.5 Å². The minimum atomic E-state index is -0.607. The van der Waals surface area contributed by atoms with Crippen LogP contribution >= 0.6 is 0 Å². The molecule has 156 valence electrons. The summed E-state index contributed by atoms with van der Waals surface area (Å²) < 4.78 is 5.89. The number of ketones is 2. The summed E-state index contributed by atoms with van der Waals surface area (Å²) in [7, 11) is 0.